The van der Waals surface area contributed by atoms with Crippen molar-refractivity contribution >= 4 is 23.3 Å². The molecule has 2 fully saturated rings. The number of nitrogens with one attached hydrogen (secondary N) is 1. The Morgan fingerprint density at radius 2 is 2.08 bits per heavy atom. The van der Waals surface area contributed by atoms with E-state index in [1.54, 1.807) is 6.92 Å². The Balaban J connectivity index is 1.58. The number of hydrogen-bond acceptors (Lipinski definition) is 5. The van der Waals surface area contributed by atoms with Crippen LogP contribution < -0.4 is 10.4 Å². The number of morpholine rings is 1. The molecule has 0 bridgehead atoms. The zero-order chi connectivity index (χ0) is 17.4. The largest absolute Gasteiger partial charge is 0.374 e. The summed E-state index contributed by atoms with van der Waals surface area (Å²) >= 11 is 0. The fourth-order valence-electron chi connectivity index (χ4n) is 3.81. The molecule has 2 aliphatic heterocycles. The summed E-state index contributed by atoms with van der Waals surface area (Å²) in [6.45, 7) is 2.83. The van der Waals surface area contributed by atoms with Gasteiger partial charge in [0.1, 0.15) is 6.04 Å². The van der Waals surface area contributed by atoms with E-state index in [0.29, 0.717) is 18.8 Å². The Labute approximate surface area is 146 Å². The summed E-state index contributed by atoms with van der Waals surface area (Å²) < 4.78 is 5.78. The third-order valence-corrected chi connectivity index (χ3v) is 5.08. The SMILES string of the molecule is C[C@@H]1N=C(C(=O)N2CCO[C@@H]3CCC[C@H]32)NN(c2ccccc2)C1=O. The molecule has 0 radical (unpaired) electrons. The minimum atomic E-state index is -0.596. The van der Waals surface area contributed by atoms with Gasteiger partial charge in [0.15, 0.2) is 0 Å². The molecule has 0 spiro atoms. The number of para-hydroxylation sites is 1. The molecule has 2 amide bonds. The molecular formula is C18H22N4O3. The zero-order valence-corrected chi connectivity index (χ0v) is 14.2. The van der Waals surface area contributed by atoms with Gasteiger partial charge in [-0.15, -0.1) is 0 Å². The molecule has 25 heavy (non-hydrogen) atoms. The predicted molar refractivity (Wildman–Crippen MR) is 93.1 cm³/mol. The van der Waals surface area contributed by atoms with Crippen LogP contribution in [0.2, 0.25) is 0 Å². The van der Waals surface area contributed by atoms with Crippen molar-refractivity contribution in [2.75, 3.05) is 18.2 Å². The third kappa shape index (κ3) is 2.89. The average molecular weight is 342 g/mol. The van der Waals surface area contributed by atoms with Crippen molar-refractivity contribution in [3.05, 3.63) is 30.3 Å². The quantitative estimate of drug-likeness (QED) is 0.874. The highest BCUT2D eigenvalue weighted by Crippen LogP contribution is 2.30. The van der Waals surface area contributed by atoms with Crippen molar-refractivity contribution in [1.29, 1.82) is 0 Å². The first-order valence-corrected chi connectivity index (χ1v) is 8.81. The summed E-state index contributed by atoms with van der Waals surface area (Å²) in [6, 6.07) is 8.76. The van der Waals surface area contributed by atoms with Crippen molar-refractivity contribution in [2.45, 2.75) is 44.4 Å². The van der Waals surface area contributed by atoms with Gasteiger partial charge in [-0.1, -0.05) is 18.2 Å². The number of amides is 2. The Kier molecular flexibility index (Phi) is 4.17. The Bertz CT molecular complexity index is 706. The number of aliphatic imine (C=N–C) groups is 1. The number of anilines is 1. The monoisotopic (exact) mass is 342 g/mol. The van der Waals surface area contributed by atoms with Crippen LogP contribution in [0.5, 0.6) is 0 Å². The van der Waals surface area contributed by atoms with Gasteiger partial charge in [0.2, 0.25) is 5.84 Å². The van der Waals surface area contributed by atoms with Gasteiger partial charge in [0, 0.05) is 6.54 Å². The van der Waals surface area contributed by atoms with Crippen LogP contribution in [0, 0.1) is 0 Å². The third-order valence-electron chi connectivity index (χ3n) is 5.08. The van der Waals surface area contributed by atoms with Crippen LogP contribution in [0.3, 0.4) is 0 Å². The van der Waals surface area contributed by atoms with E-state index in [2.05, 4.69) is 10.4 Å². The van der Waals surface area contributed by atoms with E-state index in [4.69, 9.17) is 4.74 Å². The number of fused-ring (bicyclic) bond motifs is 1. The first-order chi connectivity index (χ1) is 12.1. The van der Waals surface area contributed by atoms with Crippen LogP contribution >= 0.6 is 0 Å². The second-order valence-electron chi connectivity index (χ2n) is 6.68. The van der Waals surface area contributed by atoms with E-state index in [9.17, 15) is 9.59 Å². The molecule has 132 valence electrons. The van der Waals surface area contributed by atoms with E-state index in [-0.39, 0.29) is 29.8 Å². The molecule has 0 unspecified atom stereocenters. The fourth-order valence-corrected chi connectivity index (χ4v) is 3.81. The van der Waals surface area contributed by atoms with Crippen molar-refractivity contribution in [3.63, 3.8) is 0 Å². The van der Waals surface area contributed by atoms with Crippen molar-refractivity contribution in [1.82, 2.24) is 10.3 Å². The first-order valence-electron chi connectivity index (χ1n) is 8.81. The number of hydrogen-bond donors (Lipinski definition) is 1. The molecular weight excluding hydrogens is 320 g/mol. The normalized spacial score (nSPS) is 29.1. The number of carbonyl (C=O) groups excluding carboxylic acids is 2. The number of benzene rings is 1. The molecule has 1 aliphatic carbocycles. The average Bonchev–Trinajstić information content (AvgIpc) is 3.12. The van der Waals surface area contributed by atoms with E-state index in [1.165, 1.54) is 5.01 Å². The van der Waals surface area contributed by atoms with Crippen LogP contribution in [0.4, 0.5) is 5.69 Å². The van der Waals surface area contributed by atoms with Gasteiger partial charge in [0.05, 0.1) is 24.4 Å². The second-order valence-corrected chi connectivity index (χ2v) is 6.68. The lowest BCUT2D eigenvalue weighted by atomic mass is 10.1. The highest BCUT2D eigenvalue weighted by atomic mass is 16.5. The van der Waals surface area contributed by atoms with Crippen molar-refractivity contribution < 1.29 is 14.3 Å². The lowest BCUT2D eigenvalue weighted by Crippen LogP contribution is -2.61. The van der Waals surface area contributed by atoms with E-state index >= 15 is 0 Å². The van der Waals surface area contributed by atoms with Gasteiger partial charge in [0.25, 0.3) is 11.8 Å². The molecule has 2 heterocycles. The van der Waals surface area contributed by atoms with Crippen molar-refractivity contribution in [3.8, 4) is 0 Å². The minimum absolute atomic E-state index is 0.115. The first kappa shape index (κ1) is 16.1. The van der Waals surface area contributed by atoms with Gasteiger partial charge in [-0.25, -0.2) is 10.0 Å². The molecule has 1 N–H and O–H groups in total. The van der Waals surface area contributed by atoms with Crippen LogP contribution in [0.15, 0.2) is 35.3 Å². The molecule has 3 aliphatic rings. The van der Waals surface area contributed by atoms with E-state index < -0.39 is 6.04 Å². The number of hydrazine groups is 1. The predicted octanol–water partition coefficient (Wildman–Crippen LogP) is 1.10. The highest BCUT2D eigenvalue weighted by molar-refractivity contribution is 6.39. The summed E-state index contributed by atoms with van der Waals surface area (Å²) in [7, 11) is 0. The van der Waals surface area contributed by atoms with Gasteiger partial charge in [-0.2, -0.15) is 0 Å². The summed E-state index contributed by atoms with van der Waals surface area (Å²) in [4.78, 5) is 31.7. The van der Waals surface area contributed by atoms with Crippen LogP contribution in [0.25, 0.3) is 0 Å². The van der Waals surface area contributed by atoms with Gasteiger partial charge in [-0.05, 0) is 38.3 Å². The van der Waals surface area contributed by atoms with Crippen LogP contribution in [-0.4, -0.2) is 53.9 Å². The molecule has 1 aromatic carbocycles. The topological polar surface area (TPSA) is 74.2 Å². The molecule has 0 aromatic heterocycles. The minimum Gasteiger partial charge on any atom is -0.374 e. The van der Waals surface area contributed by atoms with E-state index in [1.807, 2.05) is 35.2 Å². The Morgan fingerprint density at radius 1 is 1.28 bits per heavy atom. The Hall–Kier alpha value is -2.41. The lowest BCUT2D eigenvalue weighted by molar-refractivity contribution is -0.137. The molecule has 7 nitrogen and oxygen atoms in total. The molecule has 4 rings (SSSR count). The smallest absolute Gasteiger partial charge is 0.291 e. The van der Waals surface area contributed by atoms with Crippen LogP contribution in [-0.2, 0) is 14.3 Å². The maximum absolute atomic E-state index is 13.1. The molecule has 3 atom stereocenters. The maximum Gasteiger partial charge on any atom is 0.291 e. The van der Waals surface area contributed by atoms with Crippen molar-refractivity contribution in [2.24, 2.45) is 4.99 Å². The van der Waals surface area contributed by atoms with Gasteiger partial charge in [-0.3, -0.25) is 15.0 Å². The lowest BCUT2D eigenvalue weighted by Gasteiger charge is -2.39. The molecule has 1 aromatic rings. The number of nitrogens with zero attached hydrogens (tertiary/aromatic N) is 3. The highest BCUT2D eigenvalue weighted by Gasteiger charge is 2.41. The van der Waals surface area contributed by atoms with Gasteiger partial charge >= 0.3 is 0 Å². The van der Waals surface area contributed by atoms with E-state index in [0.717, 1.165) is 19.3 Å². The van der Waals surface area contributed by atoms with Crippen LogP contribution in [0.1, 0.15) is 26.2 Å². The fraction of sp³-hybridized carbons (Fsp3) is 0.500. The summed E-state index contributed by atoms with van der Waals surface area (Å²) in [6.07, 6.45) is 3.16. The molecule has 1 saturated carbocycles. The summed E-state index contributed by atoms with van der Waals surface area (Å²) in [5.74, 6) is -0.104. The number of carbonyl (C=O) groups is 2. The maximum atomic E-state index is 13.1. The Morgan fingerprint density at radius 3 is 2.88 bits per heavy atom. The zero-order valence-electron chi connectivity index (χ0n) is 14.2. The second kappa shape index (κ2) is 6.48. The molecule has 7 heteroatoms. The number of rotatable bonds is 2. The number of ether oxygens (including phenoxy) is 1. The van der Waals surface area contributed by atoms with Gasteiger partial charge < -0.3 is 9.64 Å². The summed E-state index contributed by atoms with van der Waals surface area (Å²) in [5, 5.41) is 1.41. The number of amidine groups is 1. The standard InChI is InChI=1S/C18H22N4O3/c1-12-17(23)22(13-6-3-2-4-7-13)20-16(19-12)18(24)21-10-11-25-15-9-5-8-14(15)21/h2-4,6-7,12,14-15H,5,8-11H2,1H3,(H,19,20)/t12-,14+,15+/m0/s1. The molecule has 1 saturated heterocycles. The summed E-state index contributed by atoms with van der Waals surface area (Å²) in [5.41, 5.74) is 3.62.